The van der Waals surface area contributed by atoms with Gasteiger partial charge in [0, 0.05) is 31.9 Å². The van der Waals surface area contributed by atoms with E-state index in [0.29, 0.717) is 43.9 Å². The Morgan fingerprint density at radius 2 is 0.588 bits per heavy atom. The lowest BCUT2D eigenvalue weighted by Crippen LogP contribution is -2.40. The van der Waals surface area contributed by atoms with Crippen LogP contribution in [0, 0.1) is 0 Å². The molecular weight excluding hydrogens is 1280 g/mol. The molecule has 0 aliphatic heterocycles. The molecule has 0 atom stereocenters. The minimum Gasteiger partial charge on any atom is -0.423 e. The molecular formula is C56H54B10N8O22S. The van der Waals surface area contributed by atoms with Crippen LogP contribution in [0.3, 0.4) is 0 Å². The summed E-state index contributed by atoms with van der Waals surface area (Å²) in [5.74, 6) is 0. The van der Waals surface area contributed by atoms with Gasteiger partial charge in [0.25, 0.3) is 0 Å². The summed E-state index contributed by atoms with van der Waals surface area (Å²) >= 11 is 0.872. The van der Waals surface area contributed by atoms with Crippen molar-refractivity contribution in [1.29, 1.82) is 0 Å². The van der Waals surface area contributed by atoms with Crippen molar-refractivity contribution in [2.45, 2.75) is 13.1 Å². The van der Waals surface area contributed by atoms with Crippen LogP contribution in [0.2, 0.25) is 0 Å². The zero-order chi connectivity index (χ0) is 71.2. The van der Waals surface area contributed by atoms with E-state index in [1.807, 2.05) is 24.3 Å². The summed E-state index contributed by atoms with van der Waals surface area (Å²) in [7, 11) is -16.0. The Morgan fingerprint density at radius 3 is 0.814 bits per heavy atom. The SMILES string of the molecule is O=Cc1ccc(C=O)cc1.OB(O)c1cc2ccc3cc(B(O)O)cc4ccc(c1)c2c34.OB(O)c1ccc(-c2ccc(B(O)O)cc2)cc1.OB(O)c1ccc(B(O)O)c2nsnc12.OB(O)c1ccc(B(O)O)cc1.[N-]=[N+]=NCc1cc(B(O)O)c(CN=[N+]=[N-])cc1B(O)O. The molecule has 0 saturated carbocycles. The highest BCUT2D eigenvalue weighted by Crippen LogP contribution is 2.33. The van der Waals surface area contributed by atoms with Crippen molar-refractivity contribution in [2.24, 2.45) is 10.2 Å². The van der Waals surface area contributed by atoms with Gasteiger partial charge in [-0.05, 0) is 109 Å². The first-order valence-electron chi connectivity index (χ1n) is 28.3. The maximum absolute atomic E-state index is 10.1. The fraction of sp³-hybridized carbons (Fsp3) is 0.0357. The summed E-state index contributed by atoms with van der Waals surface area (Å²) in [6.45, 7) is -0.379. The normalized spacial score (nSPS) is 10.2. The number of nitrogens with zero attached hydrogens (tertiary/aromatic N) is 8. The molecule has 20 N–H and O–H groups in total. The summed E-state index contributed by atoms with van der Waals surface area (Å²) in [5.41, 5.74) is 23.5. The van der Waals surface area contributed by atoms with Crippen molar-refractivity contribution < 1.29 is 110 Å². The number of benzene rings is 10. The molecule has 0 fully saturated rings. The van der Waals surface area contributed by atoms with Crippen LogP contribution in [0.4, 0.5) is 0 Å². The zero-order valence-corrected chi connectivity index (χ0v) is 51.1. The van der Waals surface area contributed by atoms with Crippen molar-refractivity contribution in [3.8, 4) is 11.1 Å². The molecule has 0 radical (unpaired) electrons. The predicted octanol–water partition coefficient (Wildman–Crippen LogP) is -7.27. The molecule has 486 valence electrons. The van der Waals surface area contributed by atoms with Gasteiger partial charge in [-0.25, -0.2) is 0 Å². The van der Waals surface area contributed by atoms with Crippen LogP contribution in [0.25, 0.3) is 75.4 Å². The standard InChI is InChI=1S/C16H12B2O4.C12H12B2O4.C8H10B2N6O4.C8H6O2.C6H6B2N2O4S.C6H8B2O4/c19-17(20)13-5-9-1-2-10-6-14(18(21)22)8-12-4-3-11(7-13)15(9)16(10)12;15-13(16)11-5-1-9(2-6-11)10-3-7-12(8-4-10)14(17)18;11-15-13-3-5-1-7(9(17)18)6(4-14-16-12)2-8(5)10(19)20;9-5-7-1-2-8(6-10)4-3-7;11-7(12)3-1-2-4(8(13)14)6-5(3)9-15-10-6;9-7(10)5-1-2-6(4-3-5)8(11)12/h1-8,19-22H;1-8,15-18H;1-2,17-20H,3-4H2;1-6H;1-2,11-14H;1-4,9-12H. The zero-order valence-electron chi connectivity index (χ0n) is 50.3. The van der Waals surface area contributed by atoms with Gasteiger partial charge in [-0.2, -0.15) is 8.75 Å². The second-order valence-electron chi connectivity index (χ2n) is 20.6. The van der Waals surface area contributed by atoms with E-state index in [1.165, 1.54) is 48.5 Å². The molecule has 0 amide bonds. The summed E-state index contributed by atoms with van der Waals surface area (Å²) in [6, 6.07) is 45.7. The first-order valence-corrected chi connectivity index (χ1v) is 29.0. The van der Waals surface area contributed by atoms with E-state index in [9.17, 15) is 49.8 Å². The third-order valence-corrected chi connectivity index (χ3v) is 14.8. The van der Waals surface area contributed by atoms with E-state index >= 15 is 0 Å². The molecule has 11 rings (SSSR count). The number of aromatic nitrogens is 2. The number of hydrogen-bond acceptors (Lipinski definition) is 27. The highest BCUT2D eigenvalue weighted by atomic mass is 32.1. The van der Waals surface area contributed by atoms with Gasteiger partial charge < -0.3 is 100 Å². The van der Waals surface area contributed by atoms with Gasteiger partial charge in [0.1, 0.15) is 23.6 Å². The van der Waals surface area contributed by atoms with Gasteiger partial charge in [-0.3, -0.25) is 9.59 Å². The molecule has 0 aliphatic rings. The van der Waals surface area contributed by atoms with Crippen LogP contribution in [0.15, 0.2) is 180 Å². The second kappa shape index (κ2) is 36.8. The third kappa shape index (κ3) is 21.2. The Labute approximate surface area is 557 Å². The highest BCUT2D eigenvalue weighted by Gasteiger charge is 2.26. The molecule has 10 aromatic carbocycles. The van der Waals surface area contributed by atoms with Crippen LogP contribution >= 0.6 is 11.7 Å². The van der Waals surface area contributed by atoms with Gasteiger partial charge >= 0.3 is 71.2 Å². The summed E-state index contributed by atoms with van der Waals surface area (Å²) in [5, 5.41) is 194. The number of rotatable bonds is 17. The lowest BCUT2D eigenvalue weighted by molar-refractivity contribution is 0.111. The van der Waals surface area contributed by atoms with Crippen LogP contribution in [0.1, 0.15) is 31.8 Å². The quantitative estimate of drug-likeness (QED) is 0.0101. The summed E-state index contributed by atoms with van der Waals surface area (Å²) < 4.78 is 7.74. The molecule has 0 spiro atoms. The van der Waals surface area contributed by atoms with Crippen molar-refractivity contribution in [1.82, 2.24) is 8.75 Å². The molecule has 11 aromatic rings. The number of carbonyl (C=O) groups is 2. The first-order chi connectivity index (χ1) is 46.2. The smallest absolute Gasteiger partial charge is 0.423 e. The van der Waals surface area contributed by atoms with Gasteiger partial charge in [0.2, 0.25) is 0 Å². The Kier molecular flexibility index (Phi) is 29.2. The van der Waals surface area contributed by atoms with E-state index in [2.05, 4.69) is 28.8 Å². The summed E-state index contributed by atoms with van der Waals surface area (Å²) in [6.07, 6.45) is 1.49. The second-order valence-corrected chi connectivity index (χ2v) is 21.1. The van der Waals surface area contributed by atoms with Gasteiger partial charge in [-0.1, -0.05) is 180 Å². The van der Waals surface area contributed by atoms with Crippen molar-refractivity contribution in [3.05, 3.63) is 213 Å². The predicted molar refractivity (Wildman–Crippen MR) is 373 cm³/mol. The largest absolute Gasteiger partial charge is 0.490 e. The van der Waals surface area contributed by atoms with Gasteiger partial charge in [0.15, 0.2) is 0 Å². The fourth-order valence-corrected chi connectivity index (χ4v) is 9.98. The number of aldehydes is 2. The van der Waals surface area contributed by atoms with E-state index in [1.54, 1.807) is 97.1 Å². The van der Waals surface area contributed by atoms with Crippen LogP contribution < -0.4 is 54.6 Å². The lowest BCUT2D eigenvalue weighted by Gasteiger charge is -2.14. The molecule has 0 saturated heterocycles. The molecule has 30 nitrogen and oxygen atoms in total. The summed E-state index contributed by atoms with van der Waals surface area (Å²) in [4.78, 5) is 25.3. The average molecular weight is 1330 g/mol. The maximum Gasteiger partial charge on any atom is 0.490 e. The molecule has 1 heterocycles. The van der Waals surface area contributed by atoms with E-state index in [-0.39, 0.29) is 57.1 Å². The number of hydrogen-bond donors (Lipinski definition) is 20. The van der Waals surface area contributed by atoms with E-state index < -0.39 is 71.2 Å². The topological polar surface area (TPSA) is 562 Å². The maximum atomic E-state index is 10.1. The number of carbonyl (C=O) groups excluding carboxylic acids is 2. The van der Waals surface area contributed by atoms with E-state index in [4.69, 9.17) is 71.4 Å². The van der Waals surface area contributed by atoms with Gasteiger partial charge in [0.05, 0.1) is 24.8 Å². The first kappa shape index (κ1) is 76.9. The molecule has 1 aromatic heterocycles. The minimum absolute atomic E-state index is 0.0324. The monoisotopic (exact) mass is 1330 g/mol. The third-order valence-electron chi connectivity index (χ3n) is 14.3. The van der Waals surface area contributed by atoms with Crippen molar-refractivity contribution >= 4 is 193 Å². The fourth-order valence-electron chi connectivity index (χ4n) is 9.39. The molecule has 0 unspecified atom stereocenters. The van der Waals surface area contributed by atoms with Crippen LogP contribution in [-0.4, -0.2) is 193 Å². The Bertz CT molecular complexity index is 4140. The van der Waals surface area contributed by atoms with Gasteiger partial charge in [-0.15, -0.1) is 0 Å². The van der Waals surface area contributed by atoms with Crippen LogP contribution in [-0.2, 0) is 13.1 Å². The highest BCUT2D eigenvalue weighted by molar-refractivity contribution is 7.00. The molecule has 0 bridgehead atoms. The molecule has 0 aliphatic carbocycles. The Balaban J connectivity index is 0.000000187. The Morgan fingerprint density at radius 1 is 0.330 bits per heavy atom. The number of fused-ring (bicyclic) bond motifs is 1. The Hall–Kier alpha value is -9.13. The van der Waals surface area contributed by atoms with Crippen molar-refractivity contribution in [3.63, 3.8) is 0 Å². The van der Waals surface area contributed by atoms with Crippen LogP contribution in [0.5, 0.6) is 0 Å². The van der Waals surface area contributed by atoms with Crippen molar-refractivity contribution in [2.75, 3.05) is 0 Å². The molecule has 41 heteroatoms. The average Bonchev–Trinajstić information content (AvgIpc) is 1.07. The number of azide groups is 2. The minimum atomic E-state index is -1.84. The van der Waals surface area contributed by atoms with E-state index in [0.717, 1.165) is 67.7 Å². The molecule has 97 heavy (non-hydrogen) atoms. The lowest BCUT2D eigenvalue weighted by atomic mass is 9.69.